The number of unbranched alkanes of at least 4 members (excludes halogenated alkanes) is 1. The van der Waals surface area contributed by atoms with Crippen LogP contribution >= 0.6 is 0 Å². The van der Waals surface area contributed by atoms with E-state index in [1.54, 1.807) is 13.2 Å². The molecule has 0 aliphatic rings. The van der Waals surface area contributed by atoms with Gasteiger partial charge in [0.15, 0.2) is 0 Å². The Labute approximate surface area is 118 Å². The van der Waals surface area contributed by atoms with Crippen molar-refractivity contribution in [2.24, 2.45) is 0 Å². The standard InChI is InChI=1S/C15H19N3O2/c1-3-4-9-16-15(19)14-10-13(17-18-14)11-5-7-12(20-2)8-6-11/h5-8,10H,3-4,9H2,1-2H3,(H,16,19)(H,17,18). The summed E-state index contributed by atoms with van der Waals surface area (Å²) in [7, 11) is 1.63. The summed E-state index contributed by atoms with van der Waals surface area (Å²) < 4.78 is 5.11. The number of rotatable bonds is 6. The lowest BCUT2D eigenvalue weighted by Gasteiger charge is -2.01. The van der Waals surface area contributed by atoms with Gasteiger partial charge in [0.25, 0.3) is 5.91 Å². The van der Waals surface area contributed by atoms with Gasteiger partial charge in [0.1, 0.15) is 11.4 Å². The molecule has 1 aromatic carbocycles. The summed E-state index contributed by atoms with van der Waals surface area (Å²) >= 11 is 0. The Bertz CT molecular complexity index is 561. The second kappa shape index (κ2) is 6.75. The third kappa shape index (κ3) is 3.38. The molecule has 1 amide bonds. The molecule has 0 bridgehead atoms. The lowest BCUT2D eigenvalue weighted by Crippen LogP contribution is -2.24. The van der Waals surface area contributed by atoms with Gasteiger partial charge in [0, 0.05) is 12.1 Å². The van der Waals surface area contributed by atoms with Gasteiger partial charge < -0.3 is 10.1 Å². The molecule has 1 heterocycles. The van der Waals surface area contributed by atoms with Crippen molar-refractivity contribution in [3.63, 3.8) is 0 Å². The number of methoxy groups -OCH3 is 1. The number of aromatic amines is 1. The van der Waals surface area contributed by atoms with E-state index in [1.807, 2.05) is 24.3 Å². The quantitative estimate of drug-likeness (QED) is 0.795. The molecular weight excluding hydrogens is 254 g/mol. The van der Waals surface area contributed by atoms with Crippen LogP contribution in [0.3, 0.4) is 0 Å². The molecule has 0 saturated carbocycles. The van der Waals surface area contributed by atoms with Crippen LogP contribution in [-0.2, 0) is 0 Å². The maximum absolute atomic E-state index is 11.9. The highest BCUT2D eigenvalue weighted by molar-refractivity contribution is 5.93. The molecule has 0 radical (unpaired) electrons. The minimum atomic E-state index is -0.120. The van der Waals surface area contributed by atoms with E-state index < -0.39 is 0 Å². The van der Waals surface area contributed by atoms with Crippen LogP contribution in [0.2, 0.25) is 0 Å². The molecule has 5 nitrogen and oxygen atoms in total. The molecule has 2 aromatic rings. The molecule has 2 N–H and O–H groups in total. The van der Waals surface area contributed by atoms with Crippen molar-refractivity contribution in [3.05, 3.63) is 36.0 Å². The van der Waals surface area contributed by atoms with Crippen LogP contribution in [-0.4, -0.2) is 29.8 Å². The number of ether oxygens (including phenoxy) is 1. The van der Waals surface area contributed by atoms with Gasteiger partial charge in [0.2, 0.25) is 0 Å². The van der Waals surface area contributed by atoms with E-state index in [4.69, 9.17) is 4.74 Å². The molecule has 2 rings (SSSR count). The number of hydrogen-bond acceptors (Lipinski definition) is 3. The lowest BCUT2D eigenvalue weighted by molar-refractivity contribution is 0.0948. The molecule has 0 spiro atoms. The zero-order valence-electron chi connectivity index (χ0n) is 11.8. The SMILES string of the molecule is CCCCNC(=O)c1cc(-c2ccc(OC)cc2)n[nH]1. The summed E-state index contributed by atoms with van der Waals surface area (Å²) in [4.78, 5) is 11.9. The second-order valence-electron chi connectivity index (χ2n) is 4.50. The van der Waals surface area contributed by atoms with Crippen molar-refractivity contribution < 1.29 is 9.53 Å². The number of hydrogen-bond donors (Lipinski definition) is 2. The Morgan fingerprint density at radius 2 is 2.10 bits per heavy atom. The fourth-order valence-corrected chi connectivity index (χ4v) is 1.82. The van der Waals surface area contributed by atoms with Crippen molar-refractivity contribution in [3.8, 4) is 17.0 Å². The first-order valence-electron chi connectivity index (χ1n) is 6.72. The molecular formula is C15H19N3O2. The van der Waals surface area contributed by atoms with Crippen LogP contribution in [0, 0.1) is 0 Å². The van der Waals surface area contributed by atoms with Crippen LogP contribution < -0.4 is 10.1 Å². The van der Waals surface area contributed by atoms with Gasteiger partial charge in [-0.2, -0.15) is 5.10 Å². The zero-order chi connectivity index (χ0) is 14.4. The molecule has 1 aromatic heterocycles. The number of carbonyl (C=O) groups excluding carboxylic acids is 1. The summed E-state index contributed by atoms with van der Waals surface area (Å²) in [6.45, 7) is 2.77. The number of aromatic nitrogens is 2. The van der Waals surface area contributed by atoms with E-state index >= 15 is 0 Å². The summed E-state index contributed by atoms with van der Waals surface area (Å²) in [6, 6.07) is 9.31. The minimum absolute atomic E-state index is 0.120. The van der Waals surface area contributed by atoms with Crippen LogP contribution in [0.15, 0.2) is 30.3 Å². The van der Waals surface area contributed by atoms with E-state index in [2.05, 4.69) is 22.4 Å². The van der Waals surface area contributed by atoms with Gasteiger partial charge in [-0.15, -0.1) is 0 Å². The summed E-state index contributed by atoms with van der Waals surface area (Å²) in [6.07, 6.45) is 2.03. The molecule has 0 aliphatic heterocycles. The lowest BCUT2D eigenvalue weighted by atomic mass is 10.1. The predicted molar refractivity (Wildman–Crippen MR) is 77.8 cm³/mol. The van der Waals surface area contributed by atoms with E-state index in [9.17, 15) is 4.79 Å². The third-order valence-corrected chi connectivity index (χ3v) is 3.02. The number of nitrogens with zero attached hydrogens (tertiary/aromatic N) is 1. The number of carbonyl (C=O) groups is 1. The smallest absolute Gasteiger partial charge is 0.269 e. The van der Waals surface area contributed by atoms with Gasteiger partial charge in [-0.25, -0.2) is 0 Å². The predicted octanol–water partition coefficient (Wildman–Crippen LogP) is 2.62. The van der Waals surface area contributed by atoms with Gasteiger partial charge in [-0.3, -0.25) is 9.89 Å². The largest absolute Gasteiger partial charge is 0.497 e. The minimum Gasteiger partial charge on any atom is -0.497 e. The van der Waals surface area contributed by atoms with Gasteiger partial charge in [-0.05, 0) is 36.8 Å². The maximum atomic E-state index is 11.9. The van der Waals surface area contributed by atoms with Crippen LogP contribution in [0.5, 0.6) is 5.75 Å². The highest BCUT2D eigenvalue weighted by atomic mass is 16.5. The molecule has 20 heavy (non-hydrogen) atoms. The van der Waals surface area contributed by atoms with Crippen molar-refractivity contribution in [1.29, 1.82) is 0 Å². The van der Waals surface area contributed by atoms with Crippen molar-refractivity contribution >= 4 is 5.91 Å². The van der Waals surface area contributed by atoms with Gasteiger partial charge in [-0.1, -0.05) is 13.3 Å². The first-order chi connectivity index (χ1) is 9.74. The highest BCUT2D eigenvalue weighted by Crippen LogP contribution is 2.20. The Hall–Kier alpha value is -2.30. The maximum Gasteiger partial charge on any atom is 0.269 e. The van der Waals surface area contributed by atoms with Crippen LogP contribution in [0.25, 0.3) is 11.3 Å². The normalized spacial score (nSPS) is 10.3. The number of nitrogens with one attached hydrogen (secondary N) is 2. The second-order valence-corrected chi connectivity index (χ2v) is 4.50. The molecule has 0 atom stereocenters. The Balaban J connectivity index is 2.05. The Morgan fingerprint density at radius 1 is 1.35 bits per heavy atom. The monoisotopic (exact) mass is 273 g/mol. The van der Waals surface area contributed by atoms with Crippen LogP contribution in [0.1, 0.15) is 30.3 Å². The summed E-state index contributed by atoms with van der Waals surface area (Å²) in [5.74, 6) is 0.674. The van der Waals surface area contributed by atoms with Gasteiger partial charge >= 0.3 is 0 Å². The van der Waals surface area contributed by atoms with Crippen molar-refractivity contribution in [2.75, 3.05) is 13.7 Å². The summed E-state index contributed by atoms with van der Waals surface area (Å²) in [5, 5.41) is 9.78. The number of amides is 1. The van der Waals surface area contributed by atoms with E-state index in [0.717, 1.165) is 29.8 Å². The first-order valence-corrected chi connectivity index (χ1v) is 6.72. The fraction of sp³-hybridized carbons (Fsp3) is 0.333. The summed E-state index contributed by atoms with van der Waals surface area (Å²) in [5.41, 5.74) is 2.16. The molecule has 0 unspecified atom stereocenters. The third-order valence-electron chi connectivity index (χ3n) is 3.02. The first kappa shape index (κ1) is 14.1. The van der Waals surface area contributed by atoms with E-state index in [-0.39, 0.29) is 5.91 Å². The topological polar surface area (TPSA) is 67.0 Å². The average Bonchev–Trinajstić information content (AvgIpc) is 2.97. The van der Waals surface area contributed by atoms with Crippen molar-refractivity contribution in [1.82, 2.24) is 15.5 Å². The Morgan fingerprint density at radius 3 is 2.75 bits per heavy atom. The van der Waals surface area contributed by atoms with E-state index in [1.165, 1.54) is 0 Å². The molecule has 0 saturated heterocycles. The molecule has 0 aliphatic carbocycles. The molecule has 5 heteroatoms. The molecule has 106 valence electrons. The van der Waals surface area contributed by atoms with E-state index in [0.29, 0.717) is 12.2 Å². The molecule has 0 fully saturated rings. The van der Waals surface area contributed by atoms with Gasteiger partial charge in [0.05, 0.1) is 12.8 Å². The zero-order valence-corrected chi connectivity index (χ0v) is 11.8. The van der Waals surface area contributed by atoms with Crippen LogP contribution in [0.4, 0.5) is 0 Å². The highest BCUT2D eigenvalue weighted by Gasteiger charge is 2.10. The fourth-order valence-electron chi connectivity index (χ4n) is 1.82. The van der Waals surface area contributed by atoms with Crippen molar-refractivity contribution in [2.45, 2.75) is 19.8 Å². The number of benzene rings is 1. The number of H-pyrrole nitrogens is 1. The average molecular weight is 273 g/mol. The Kier molecular flexibility index (Phi) is 4.76.